The summed E-state index contributed by atoms with van der Waals surface area (Å²) in [5, 5.41) is 11.1. The van der Waals surface area contributed by atoms with Crippen molar-refractivity contribution in [3.8, 4) is 0 Å². The smallest absolute Gasteiger partial charge is 0.300 e. The number of Topliss-reactive ketones (excluding diaryl/α,β-unsaturated/α-hetero) is 1. The highest BCUT2D eigenvalue weighted by atomic mass is 16.3. The van der Waals surface area contributed by atoms with Gasteiger partial charge in [-0.05, 0) is 61.7 Å². The van der Waals surface area contributed by atoms with Crippen molar-refractivity contribution in [1.29, 1.82) is 0 Å². The third kappa shape index (κ3) is 3.28. The minimum absolute atomic E-state index is 0.0771. The van der Waals surface area contributed by atoms with E-state index in [4.69, 9.17) is 0 Å². The molecule has 0 saturated carbocycles. The Kier molecular flexibility index (Phi) is 4.96. The van der Waals surface area contributed by atoms with Crippen molar-refractivity contribution in [3.05, 3.63) is 100 Å². The molecule has 2 heterocycles. The minimum Gasteiger partial charge on any atom is -0.507 e. The van der Waals surface area contributed by atoms with Crippen LogP contribution < -0.4 is 4.90 Å². The van der Waals surface area contributed by atoms with Gasteiger partial charge < -0.3 is 5.11 Å². The second kappa shape index (κ2) is 7.59. The Morgan fingerprint density at radius 1 is 0.900 bits per heavy atom. The molecule has 1 unspecified atom stereocenters. The summed E-state index contributed by atoms with van der Waals surface area (Å²) in [4.78, 5) is 31.7. The average Bonchev–Trinajstić information content (AvgIpc) is 3.01. The van der Waals surface area contributed by atoms with Gasteiger partial charge in [0.05, 0.1) is 11.6 Å². The van der Waals surface area contributed by atoms with Crippen LogP contribution in [0.4, 0.5) is 5.69 Å². The number of rotatable bonds is 3. The quantitative estimate of drug-likeness (QED) is 0.397. The van der Waals surface area contributed by atoms with Gasteiger partial charge >= 0.3 is 0 Å². The van der Waals surface area contributed by atoms with Crippen LogP contribution in [0.3, 0.4) is 0 Å². The molecule has 150 valence electrons. The van der Waals surface area contributed by atoms with E-state index in [0.29, 0.717) is 16.8 Å². The Balaban J connectivity index is 1.94. The van der Waals surface area contributed by atoms with Gasteiger partial charge in [0.2, 0.25) is 0 Å². The zero-order valence-corrected chi connectivity index (χ0v) is 17.1. The van der Waals surface area contributed by atoms with Crippen molar-refractivity contribution in [2.75, 3.05) is 4.90 Å². The molecule has 0 aliphatic carbocycles. The van der Waals surface area contributed by atoms with E-state index in [2.05, 4.69) is 4.98 Å². The van der Waals surface area contributed by atoms with Crippen LogP contribution in [0.5, 0.6) is 0 Å². The Labute approximate surface area is 175 Å². The maximum atomic E-state index is 13.1. The molecule has 0 radical (unpaired) electrons. The van der Waals surface area contributed by atoms with Gasteiger partial charge in [-0.25, -0.2) is 0 Å². The van der Waals surface area contributed by atoms with E-state index in [1.807, 2.05) is 51.1 Å². The third-order valence-corrected chi connectivity index (χ3v) is 5.56. The predicted molar refractivity (Wildman–Crippen MR) is 116 cm³/mol. The highest BCUT2D eigenvalue weighted by Crippen LogP contribution is 2.42. The molecule has 30 heavy (non-hydrogen) atoms. The Bertz CT molecular complexity index is 1160. The zero-order chi connectivity index (χ0) is 21.4. The number of hydrogen-bond donors (Lipinski definition) is 1. The van der Waals surface area contributed by atoms with E-state index in [0.717, 1.165) is 16.7 Å². The number of aryl methyl sites for hydroxylation is 3. The van der Waals surface area contributed by atoms with E-state index < -0.39 is 17.7 Å². The maximum Gasteiger partial charge on any atom is 0.300 e. The number of carbonyl (C=O) groups excluding carboxylic acids is 2. The van der Waals surface area contributed by atoms with Crippen molar-refractivity contribution in [1.82, 2.24) is 4.98 Å². The van der Waals surface area contributed by atoms with E-state index >= 15 is 0 Å². The molecule has 4 rings (SSSR count). The number of ketones is 1. The fourth-order valence-electron chi connectivity index (χ4n) is 3.70. The van der Waals surface area contributed by atoms with Crippen molar-refractivity contribution >= 4 is 23.1 Å². The van der Waals surface area contributed by atoms with Crippen LogP contribution >= 0.6 is 0 Å². The topological polar surface area (TPSA) is 70.5 Å². The fourth-order valence-corrected chi connectivity index (χ4v) is 3.70. The molecule has 1 aliphatic heterocycles. The first-order valence-electron chi connectivity index (χ1n) is 9.73. The lowest BCUT2D eigenvalue weighted by Gasteiger charge is -2.26. The fraction of sp³-hybridized carbons (Fsp3) is 0.160. The molecule has 2 aromatic carbocycles. The summed E-state index contributed by atoms with van der Waals surface area (Å²) in [7, 11) is 0. The maximum absolute atomic E-state index is 13.1. The summed E-state index contributed by atoms with van der Waals surface area (Å²) in [5.74, 6) is -1.54. The number of nitrogens with zero attached hydrogens (tertiary/aromatic N) is 2. The number of pyridine rings is 1. The number of aliphatic hydroxyl groups excluding tert-OH is 1. The molecule has 1 amide bonds. The highest BCUT2D eigenvalue weighted by molar-refractivity contribution is 6.51. The van der Waals surface area contributed by atoms with Gasteiger partial charge in [0.1, 0.15) is 5.76 Å². The molecule has 0 spiro atoms. The first-order chi connectivity index (χ1) is 14.4. The monoisotopic (exact) mass is 398 g/mol. The molecule has 3 aromatic rings. The van der Waals surface area contributed by atoms with Crippen LogP contribution in [-0.4, -0.2) is 21.8 Å². The molecular formula is C25H22N2O3. The van der Waals surface area contributed by atoms with Gasteiger partial charge in [0, 0.05) is 23.6 Å². The molecule has 5 heteroatoms. The second-order valence-corrected chi connectivity index (χ2v) is 7.58. The van der Waals surface area contributed by atoms with E-state index in [1.165, 1.54) is 4.90 Å². The first kappa shape index (κ1) is 19.6. The van der Waals surface area contributed by atoms with Crippen LogP contribution in [0, 0.1) is 20.8 Å². The molecule has 1 aromatic heterocycles. The van der Waals surface area contributed by atoms with Gasteiger partial charge in [-0.1, -0.05) is 35.9 Å². The number of anilines is 1. The van der Waals surface area contributed by atoms with Crippen molar-refractivity contribution in [2.24, 2.45) is 0 Å². The average molecular weight is 398 g/mol. The summed E-state index contributed by atoms with van der Waals surface area (Å²) in [6, 6.07) is 15.6. The summed E-state index contributed by atoms with van der Waals surface area (Å²) < 4.78 is 0. The standard InChI is InChI=1S/C25H22N2O3/c1-15-4-7-19(8-5-15)23(28)21-22(18-10-12-26-13-11-18)27(25(30)24(21)29)20-9-6-16(2)17(3)14-20/h4-14,22,28H,1-3H3/b23-21+. The van der Waals surface area contributed by atoms with Crippen molar-refractivity contribution < 1.29 is 14.7 Å². The molecule has 1 aliphatic rings. The number of benzene rings is 2. The largest absolute Gasteiger partial charge is 0.507 e. The van der Waals surface area contributed by atoms with E-state index in [9.17, 15) is 14.7 Å². The number of hydrogen-bond acceptors (Lipinski definition) is 4. The molecular weight excluding hydrogens is 376 g/mol. The lowest BCUT2D eigenvalue weighted by atomic mass is 9.95. The van der Waals surface area contributed by atoms with Crippen LogP contribution in [0.25, 0.3) is 5.76 Å². The number of carbonyl (C=O) groups is 2. The van der Waals surface area contributed by atoms with Gasteiger partial charge in [-0.15, -0.1) is 0 Å². The molecule has 0 bridgehead atoms. The normalized spacial score (nSPS) is 18.1. The summed E-state index contributed by atoms with van der Waals surface area (Å²) in [5.41, 5.74) is 5.04. The molecule has 1 N–H and O–H groups in total. The van der Waals surface area contributed by atoms with Crippen LogP contribution in [0.15, 0.2) is 72.6 Å². The molecule has 1 saturated heterocycles. The second-order valence-electron chi connectivity index (χ2n) is 7.58. The van der Waals surface area contributed by atoms with Gasteiger partial charge in [-0.2, -0.15) is 0 Å². The summed E-state index contributed by atoms with van der Waals surface area (Å²) >= 11 is 0. The SMILES string of the molecule is Cc1ccc(/C(O)=C2\C(=O)C(=O)N(c3ccc(C)c(C)c3)C2c2ccncc2)cc1. The number of aromatic nitrogens is 1. The molecule has 1 atom stereocenters. The van der Waals surface area contributed by atoms with Gasteiger partial charge in [-0.3, -0.25) is 19.5 Å². The zero-order valence-electron chi connectivity index (χ0n) is 17.1. The van der Waals surface area contributed by atoms with Crippen molar-refractivity contribution in [2.45, 2.75) is 26.8 Å². The molecule has 1 fully saturated rings. The van der Waals surface area contributed by atoms with Crippen LogP contribution in [0.2, 0.25) is 0 Å². The minimum atomic E-state index is -0.739. The third-order valence-electron chi connectivity index (χ3n) is 5.56. The van der Waals surface area contributed by atoms with E-state index in [1.54, 1.807) is 36.7 Å². The predicted octanol–water partition coefficient (Wildman–Crippen LogP) is 4.63. The summed E-state index contributed by atoms with van der Waals surface area (Å²) in [6.07, 6.45) is 3.23. The lowest BCUT2D eigenvalue weighted by Crippen LogP contribution is -2.29. The van der Waals surface area contributed by atoms with E-state index in [-0.39, 0.29) is 11.3 Å². The van der Waals surface area contributed by atoms with Crippen LogP contribution in [0.1, 0.15) is 33.9 Å². The summed E-state index contributed by atoms with van der Waals surface area (Å²) in [6.45, 7) is 5.90. The Morgan fingerprint density at radius 2 is 1.57 bits per heavy atom. The highest BCUT2D eigenvalue weighted by Gasteiger charge is 2.47. The van der Waals surface area contributed by atoms with Crippen LogP contribution in [-0.2, 0) is 9.59 Å². The first-order valence-corrected chi connectivity index (χ1v) is 9.73. The Morgan fingerprint density at radius 3 is 2.20 bits per heavy atom. The van der Waals surface area contributed by atoms with Gasteiger partial charge in [0.15, 0.2) is 0 Å². The number of aliphatic hydroxyl groups is 1. The van der Waals surface area contributed by atoms with Gasteiger partial charge in [0.25, 0.3) is 11.7 Å². The lowest BCUT2D eigenvalue weighted by molar-refractivity contribution is -0.132. The molecule has 5 nitrogen and oxygen atoms in total. The van der Waals surface area contributed by atoms with Crippen molar-refractivity contribution in [3.63, 3.8) is 0 Å². The Hall–Kier alpha value is -3.73. The number of amides is 1.